The molecule has 2 aromatic carbocycles. The molecule has 0 bridgehead atoms. The third kappa shape index (κ3) is 2.62. The van der Waals surface area contributed by atoms with E-state index in [0.717, 1.165) is 0 Å². The number of rotatable bonds is 3. The fourth-order valence-corrected chi connectivity index (χ4v) is 3.80. The summed E-state index contributed by atoms with van der Waals surface area (Å²) >= 11 is 1.80. The highest BCUT2D eigenvalue weighted by Crippen LogP contribution is 2.35. The van der Waals surface area contributed by atoms with Gasteiger partial charge in [0.25, 0.3) is 0 Å². The molecule has 0 saturated heterocycles. The van der Waals surface area contributed by atoms with Gasteiger partial charge < -0.3 is 4.57 Å². The van der Waals surface area contributed by atoms with Gasteiger partial charge in [-0.1, -0.05) is 48.5 Å². The maximum atomic E-state index is 2.35. The Labute approximate surface area is 140 Å². The number of para-hydroxylation sites is 1. The molecule has 0 radical (unpaired) electrons. The molecule has 2 aromatic heterocycles. The van der Waals surface area contributed by atoms with Crippen LogP contribution in [-0.2, 0) is 0 Å². The van der Waals surface area contributed by atoms with Gasteiger partial charge in [0.05, 0.1) is 16.3 Å². The summed E-state index contributed by atoms with van der Waals surface area (Å²) in [6.45, 7) is 2.15. The fourth-order valence-electron chi connectivity index (χ4n) is 2.88. The van der Waals surface area contributed by atoms with Crippen LogP contribution in [0.25, 0.3) is 27.5 Å². The van der Waals surface area contributed by atoms with E-state index in [-0.39, 0.29) is 0 Å². The zero-order valence-corrected chi connectivity index (χ0v) is 13.8. The molecule has 0 spiro atoms. The van der Waals surface area contributed by atoms with Gasteiger partial charge in [-0.3, -0.25) is 0 Å². The van der Waals surface area contributed by atoms with Crippen LogP contribution >= 0.6 is 11.3 Å². The molecule has 0 atom stereocenters. The SMILES string of the molecule is Cc1csc(-c2ccc(-c3ccccc3)n2-c2ccccc2)c1. The van der Waals surface area contributed by atoms with Crippen molar-refractivity contribution in [3.8, 4) is 27.5 Å². The minimum atomic E-state index is 1.19. The summed E-state index contributed by atoms with van der Waals surface area (Å²) in [4.78, 5) is 1.30. The van der Waals surface area contributed by atoms with E-state index in [1.807, 2.05) is 0 Å². The second-order valence-electron chi connectivity index (χ2n) is 5.63. The van der Waals surface area contributed by atoms with Crippen molar-refractivity contribution in [3.63, 3.8) is 0 Å². The number of nitrogens with zero attached hydrogens (tertiary/aromatic N) is 1. The smallest absolute Gasteiger partial charge is 0.0634 e. The molecule has 2 heteroatoms. The second kappa shape index (κ2) is 5.90. The van der Waals surface area contributed by atoms with Crippen molar-refractivity contribution in [1.29, 1.82) is 0 Å². The monoisotopic (exact) mass is 315 g/mol. The molecule has 4 rings (SSSR count). The number of hydrogen-bond donors (Lipinski definition) is 0. The van der Waals surface area contributed by atoms with Crippen molar-refractivity contribution in [2.45, 2.75) is 6.92 Å². The fraction of sp³-hybridized carbons (Fsp3) is 0.0476. The predicted molar refractivity (Wildman–Crippen MR) is 99.3 cm³/mol. The molecule has 0 saturated carbocycles. The van der Waals surface area contributed by atoms with Crippen LogP contribution in [0.5, 0.6) is 0 Å². The highest BCUT2D eigenvalue weighted by atomic mass is 32.1. The van der Waals surface area contributed by atoms with Crippen LogP contribution in [-0.4, -0.2) is 4.57 Å². The van der Waals surface area contributed by atoms with Gasteiger partial charge in [0.1, 0.15) is 0 Å². The topological polar surface area (TPSA) is 4.93 Å². The van der Waals surface area contributed by atoms with Crippen LogP contribution in [0.4, 0.5) is 0 Å². The van der Waals surface area contributed by atoms with E-state index in [2.05, 4.69) is 95.7 Å². The van der Waals surface area contributed by atoms with E-state index >= 15 is 0 Å². The highest BCUT2D eigenvalue weighted by Gasteiger charge is 2.14. The van der Waals surface area contributed by atoms with Crippen LogP contribution in [0, 0.1) is 6.92 Å². The third-order valence-electron chi connectivity index (χ3n) is 3.95. The molecule has 0 aliphatic rings. The largest absolute Gasteiger partial charge is 0.308 e. The van der Waals surface area contributed by atoms with Crippen LogP contribution in [0.15, 0.2) is 84.2 Å². The van der Waals surface area contributed by atoms with Gasteiger partial charge in [-0.2, -0.15) is 0 Å². The summed E-state index contributed by atoms with van der Waals surface area (Å²) in [5.74, 6) is 0. The molecule has 0 fully saturated rings. The molecular formula is C21H17NS. The first kappa shape index (κ1) is 14.0. The van der Waals surface area contributed by atoms with E-state index in [0.29, 0.717) is 0 Å². The maximum Gasteiger partial charge on any atom is 0.0634 e. The molecule has 23 heavy (non-hydrogen) atoms. The van der Waals surface area contributed by atoms with Crippen LogP contribution in [0.1, 0.15) is 5.56 Å². The van der Waals surface area contributed by atoms with E-state index in [9.17, 15) is 0 Å². The Morgan fingerprint density at radius 3 is 2.04 bits per heavy atom. The first-order valence-electron chi connectivity index (χ1n) is 7.71. The van der Waals surface area contributed by atoms with Crippen molar-refractivity contribution in [2.75, 3.05) is 0 Å². The number of thiophene rings is 1. The summed E-state index contributed by atoms with van der Waals surface area (Å²) < 4.78 is 2.35. The molecule has 0 N–H and O–H groups in total. The van der Waals surface area contributed by atoms with Gasteiger partial charge in [-0.15, -0.1) is 11.3 Å². The van der Waals surface area contributed by atoms with Crippen LogP contribution in [0.3, 0.4) is 0 Å². The Morgan fingerprint density at radius 2 is 1.39 bits per heavy atom. The minimum Gasteiger partial charge on any atom is -0.308 e. The first-order chi connectivity index (χ1) is 11.3. The van der Waals surface area contributed by atoms with Gasteiger partial charge in [-0.05, 0) is 53.8 Å². The number of benzene rings is 2. The van der Waals surface area contributed by atoms with Gasteiger partial charge >= 0.3 is 0 Å². The molecule has 4 aromatic rings. The summed E-state index contributed by atoms with van der Waals surface area (Å²) in [6, 6.07) is 27.8. The van der Waals surface area contributed by atoms with Gasteiger partial charge in [0, 0.05) is 5.69 Å². The van der Waals surface area contributed by atoms with Gasteiger partial charge in [0.15, 0.2) is 0 Å². The van der Waals surface area contributed by atoms with E-state index < -0.39 is 0 Å². The van der Waals surface area contributed by atoms with Crippen LogP contribution < -0.4 is 0 Å². The Bertz CT molecular complexity index is 917. The van der Waals surface area contributed by atoms with Gasteiger partial charge in [-0.25, -0.2) is 0 Å². The molecule has 0 amide bonds. The first-order valence-corrected chi connectivity index (χ1v) is 8.59. The van der Waals surface area contributed by atoms with E-state index in [4.69, 9.17) is 0 Å². The van der Waals surface area contributed by atoms with Gasteiger partial charge in [0.2, 0.25) is 0 Å². The van der Waals surface area contributed by atoms with Crippen molar-refractivity contribution in [2.24, 2.45) is 0 Å². The summed E-state index contributed by atoms with van der Waals surface area (Å²) in [6.07, 6.45) is 0. The average molecular weight is 315 g/mol. The van der Waals surface area contributed by atoms with Crippen molar-refractivity contribution in [3.05, 3.63) is 89.8 Å². The molecule has 1 nitrogen and oxygen atoms in total. The average Bonchev–Trinajstić information content (AvgIpc) is 3.22. The van der Waals surface area contributed by atoms with E-state index in [1.54, 1.807) is 11.3 Å². The highest BCUT2D eigenvalue weighted by molar-refractivity contribution is 7.13. The lowest BCUT2D eigenvalue weighted by molar-refractivity contribution is 1.10. The number of hydrogen-bond acceptors (Lipinski definition) is 1. The zero-order valence-electron chi connectivity index (χ0n) is 12.9. The van der Waals surface area contributed by atoms with Crippen LogP contribution in [0.2, 0.25) is 0 Å². The summed E-state index contributed by atoms with van der Waals surface area (Å²) in [5.41, 5.74) is 6.20. The minimum absolute atomic E-state index is 1.19. The quantitative estimate of drug-likeness (QED) is 0.425. The lowest BCUT2D eigenvalue weighted by Gasteiger charge is -2.13. The maximum absolute atomic E-state index is 2.35. The molecular weight excluding hydrogens is 298 g/mol. The molecule has 112 valence electrons. The van der Waals surface area contributed by atoms with Crippen molar-refractivity contribution in [1.82, 2.24) is 4.57 Å². The molecule has 0 aliphatic heterocycles. The normalized spacial score (nSPS) is 10.8. The summed E-state index contributed by atoms with van der Waals surface area (Å²) in [7, 11) is 0. The standard InChI is InChI=1S/C21H17NS/c1-16-14-21(23-15-16)20-13-12-19(17-8-4-2-5-9-17)22(20)18-10-6-3-7-11-18/h2-15H,1H3. The van der Waals surface area contributed by atoms with E-state index in [1.165, 1.54) is 33.1 Å². The Hall–Kier alpha value is -2.58. The Balaban J connectivity index is 1.97. The van der Waals surface area contributed by atoms with Crippen molar-refractivity contribution >= 4 is 11.3 Å². The number of aryl methyl sites for hydroxylation is 1. The second-order valence-corrected chi connectivity index (χ2v) is 6.54. The van der Waals surface area contributed by atoms with Crippen molar-refractivity contribution < 1.29 is 0 Å². The Kier molecular flexibility index (Phi) is 3.60. The lowest BCUT2D eigenvalue weighted by Crippen LogP contribution is -1.98. The Morgan fingerprint density at radius 1 is 0.739 bits per heavy atom. The number of aromatic nitrogens is 1. The molecule has 0 aliphatic carbocycles. The third-order valence-corrected chi connectivity index (χ3v) is 5.02. The summed E-state index contributed by atoms with van der Waals surface area (Å²) in [5, 5.41) is 2.21. The zero-order chi connectivity index (χ0) is 15.6. The predicted octanol–water partition coefficient (Wildman–Crippen LogP) is 6.18. The molecule has 2 heterocycles. The lowest BCUT2D eigenvalue weighted by atomic mass is 10.1. The molecule has 0 unspecified atom stereocenters.